The molecule has 0 fully saturated rings. The van der Waals surface area contributed by atoms with Crippen LogP contribution in [0.1, 0.15) is 26.4 Å². The minimum Gasteiger partial charge on any atom is -0.478 e. The second-order valence-electron chi connectivity index (χ2n) is 3.47. The van der Waals surface area contributed by atoms with Gasteiger partial charge in [0, 0.05) is 0 Å². The van der Waals surface area contributed by atoms with Gasteiger partial charge in [0.15, 0.2) is 0 Å². The van der Waals surface area contributed by atoms with Crippen molar-refractivity contribution >= 4 is 71.6 Å². The smallest absolute Gasteiger partial charge is 0.340 e. The maximum Gasteiger partial charge on any atom is 0.340 e. The molecular weight excluding hydrogens is 420 g/mol. The number of halogens is 2. The van der Waals surface area contributed by atoms with Crippen LogP contribution in [-0.4, -0.2) is 21.4 Å². The first-order chi connectivity index (χ1) is 8.90. The first-order valence-electron chi connectivity index (χ1n) is 4.86. The molecule has 19 heavy (non-hydrogen) atoms. The Morgan fingerprint density at radius 2 is 2.11 bits per heavy atom. The number of nitrogens with zero attached hydrogens (tertiary/aromatic N) is 1. The lowest BCUT2D eigenvalue weighted by Gasteiger charge is -2.02. The molecule has 0 radical (unpaired) electrons. The number of aryl methyl sites for hydroxylation is 1. The van der Waals surface area contributed by atoms with Crippen LogP contribution in [0, 0.1) is 6.92 Å². The topological polar surface area (TPSA) is 79.3 Å². The number of carbonyl (C=O) groups excluding carboxylic acids is 1. The summed E-state index contributed by atoms with van der Waals surface area (Å²) in [6, 6.07) is 1.67. The van der Waals surface area contributed by atoms with E-state index < -0.39 is 5.97 Å². The Bertz CT molecular complexity index is 666. The molecule has 0 atom stereocenters. The van der Waals surface area contributed by atoms with Crippen molar-refractivity contribution in [2.45, 2.75) is 6.92 Å². The Morgan fingerprint density at radius 3 is 2.63 bits per heavy atom. The highest BCUT2D eigenvalue weighted by Gasteiger charge is 2.21. The van der Waals surface area contributed by atoms with Gasteiger partial charge in [0.25, 0.3) is 5.91 Å². The Balaban J connectivity index is 2.29. The predicted molar refractivity (Wildman–Crippen MR) is 81.5 cm³/mol. The lowest BCUT2D eigenvalue weighted by atomic mass is 10.2. The Morgan fingerprint density at radius 1 is 1.42 bits per heavy atom. The summed E-state index contributed by atoms with van der Waals surface area (Å²) in [6.45, 7) is 1.59. The van der Waals surface area contributed by atoms with Crippen molar-refractivity contribution in [1.82, 2.24) is 4.37 Å². The normalized spacial score (nSPS) is 10.5. The van der Waals surface area contributed by atoms with Crippen LogP contribution < -0.4 is 5.32 Å². The van der Waals surface area contributed by atoms with Crippen molar-refractivity contribution in [3.8, 4) is 0 Å². The van der Waals surface area contributed by atoms with Gasteiger partial charge < -0.3 is 10.4 Å². The summed E-state index contributed by atoms with van der Waals surface area (Å²) in [5.74, 6) is -1.48. The first kappa shape index (κ1) is 14.6. The third kappa shape index (κ3) is 3.04. The van der Waals surface area contributed by atoms with Crippen molar-refractivity contribution in [3.63, 3.8) is 0 Å². The minimum absolute atomic E-state index is 0.0313. The number of carboxylic acid groups (broad SMARTS) is 1. The Labute approximate surface area is 133 Å². The summed E-state index contributed by atoms with van der Waals surface area (Å²) in [7, 11) is 0. The van der Waals surface area contributed by atoms with Gasteiger partial charge in [0.05, 0.1) is 18.8 Å². The quantitative estimate of drug-likeness (QED) is 0.779. The number of nitrogens with one attached hydrogen (secondary N) is 1. The van der Waals surface area contributed by atoms with E-state index in [1.54, 1.807) is 13.0 Å². The molecule has 0 saturated carbocycles. The molecule has 2 rings (SSSR count). The third-order valence-corrected chi connectivity index (χ3v) is 5.40. The molecule has 0 aliphatic carbocycles. The molecule has 9 heteroatoms. The lowest BCUT2D eigenvalue weighted by molar-refractivity contribution is 0.0697. The van der Waals surface area contributed by atoms with Gasteiger partial charge >= 0.3 is 5.97 Å². The molecule has 100 valence electrons. The van der Waals surface area contributed by atoms with E-state index in [1.807, 2.05) is 0 Å². The van der Waals surface area contributed by atoms with E-state index >= 15 is 0 Å². The molecule has 0 aliphatic heterocycles. The van der Waals surface area contributed by atoms with Crippen molar-refractivity contribution in [2.24, 2.45) is 0 Å². The van der Waals surface area contributed by atoms with Gasteiger partial charge in [-0.2, -0.15) is 4.37 Å². The predicted octanol–water partition coefficient (Wildman–Crippen LogP) is 3.99. The molecule has 1 amide bonds. The number of hydrogen-bond acceptors (Lipinski definition) is 5. The van der Waals surface area contributed by atoms with Crippen molar-refractivity contribution in [2.75, 3.05) is 5.32 Å². The van der Waals surface area contributed by atoms with Gasteiger partial charge in [-0.3, -0.25) is 4.79 Å². The fourth-order valence-electron chi connectivity index (χ4n) is 1.37. The van der Waals surface area contributed by atoms with Crippen LogP contribution in [0.3, 0.4) is 0 Å². The average Bonchev–Trinajstić information content (AvgIpc) is 2.82. The maximum atomic E-state index is 12.1. The summed E-state index contributed by atoms with van der Waals surface area (Å²) < 4.78 is 5.42. The summed E-state index contributed by atoms with van der Waals surface area (Å²) in [5, 5.41) is 11.9. The van der Waals surface area contributed by atoms with Crippen molar-refractivity contribution < 1.29 is 14.7 Å². The summed E-state index contributed by atoms with van der Waals surface area (Å²) in [5.41, 5.74) is 0.862. The zero-order valence-electron chi connectivity index (χ0n) is 9.36. The van der Waals surface area contributed by atoms with E-state index in [1.165, 1.54) is 11.3 Å². The fraction of sp³-hybridized carbons (Fsp3) is 0.100. The summed E-state index contributed by atoms with van der Waals surface area (Å²) >= 11 is 8.89. The number of anilines is 1. The van der Waals surface area contributed by atoms with Crippen LogP contribution in [0.4, 0.5) is 5.00 Å². The number of amides is 1. The van der Waals surface area contributed by atoms with E-state index in [9.17, 15) is 9.59 Å². The van der Waals surface area contributed by atoms with Gasteiger partial charge in [-0.05, 0) is 56.4 Å². The molecular formula is C10H6Br2N2O3S2. The summed E-state index contributed by atoms with van der Waals surface area (Å²) in [6.07, 6.45) is 0. The van der Waals surface area contributed by atoms with Gasteiger partial charge in [0.1, 0.15) is 10.6 Å². The van der Waals surface area contributed by atoms with Crippen LogP contribution in [0.5, 0.6) is 0 Å². The SMILES string of the molecule is Cc1nsc(NC(=O)c2cc(Br)sc2Br)c1C(=O)O. The van der Waals surface area contributed by atoms with E-state index in [0.717, 1.165) is 15.3 Å². The maximum absolute atomic E-state index is 12.1. The van der Waals surface area contributed by atoms with Crippen LogP contribution >= 0.6 is 54.7 Å². The molecule has 0 spiro atoms. The van der Waals surface area contributed by atoms with Crippen molar-refractivity contribution in [1.29, 1.82) is 0 Å². The molecule has 0 unspecified atom stereocenters. The number of hydrogen-bond donors (Lipinski definition) is 2. The highest BCUT2D eigenvalue weighted by molar-refractivity contribution is 9.12. The number of carbonyl (C=O) groups is 2. The average molecular weight is 426 g/mol. The minimum atomic E-state index is -1.10. The van der Waals surface area contributed by atoms with E-state index in [4.69, 9.17) is 5.11 Å². The molecule has 0 saturated heterocycles. The van der Waals surface area contributed by atoms with Gasteiger partial charge in [-0.25, -0.2) is 4.79 Å². The first-order valence-corrected chi connectivity index (χ1v) is 8.03. The molecule has 2 aromatic heterocycles. The molecule has 2 heterocycles. The van der Waals surface area contributed by atoms with Crippen LogP contribution in [0.2, 0.25) is 0 Å². The zero-order valence-corrected chi connectivity index (χ0v) is 14.2. The van der Waals surface area contributed by atoms with E-state index in [0.29, 0.717) is 15.0 Å². The van der Waals surface area contributed by atoms with Gasteiger partial charge in [-0.1, -0.05) is 0 Å². The highest BCUT2D eigenvalue weighted by Crippen LogP contribution is 2.33. The number of thiophene rings is 1. The molecule has 0 bridgehead atoms. The second-order valence-corrected chi connectivity index (χ2v) is 7.99. The molecule has 2 aromatic rings. The zero-order chi connectivity index (χ0) is 14.2. The highest BCUT2D eigenvalue weighted by atomic mass is 79.9. The Hall–Kier alpha value is -0.770. The van der Waals surface area contributed by atoms with Crippen molar-refractivity contribution in [3.05, 3.63) is 30.5 Å². The van der Waals surface area contributed by atoms with Gasteiger partial charge in [0.2, 0.25) is 0 Å². The number of aromatic carboxylic acids is 1. The molecule has 0 aliphatic rings. The van der Waals surface area contributed by atoms with Crippen LogP contribution in [-0.2, 0) is 0 Å². The monoisotopic (exact) mass is 424 g/mol. The lowest BCUT2D eigenvalue weighted by Crippen LogP contribution is -2.13. The standard InChI is InChI=1S/C10H6Br2N2O3S2/c1-3-6(10(16)17)9(19-14-3)13-8(15)4-2-5(11)18-7(4)12/h2H,1H3,(H,13,15)(H,16,17). The number of rotatable bonds is 3. The largest absolute Gasteiger partial charge is 0.478 e. The Kier molecular flexibility index (Phi) is 4.39. The van der Waals surface area contributed by atoms with Crippen LogP contribution in [0.15, 0.2) is 13.6 Å². The van der Waals surface area contributed by atoms with E-state index in [2.05, 4.69) is 41.6 Å². The molecule has 2 N–H and O–H groups in total. The molecule has 0 aromatic carbocycles. The van der Waals surface area contributed by atoms with Gasteiger partial charge in [-0.15, -0.1) is 11.3 Å². The number of carboxylic acids is 1. The third-order valence-electron chi connectivity index (χ3n) is 2.20. The second kappa shape index (κ2) is 5.70. The molecule has 5 nitrogen and oxygen atoms in total. The van der Waals surface area contributed by atoms with Crippen LogP contribution in [0.25, 0.3) is 0 Å². The summed E-state index contributed by atoms with van der Waals surface area (Å²) in [4.78, 5) is 23.2. The van der Waals surface area contributed by atoms with E-state index in [-0.39, 0.29) is 16.5 Å². The number of aromatic nitrogens is 1. The fourth-order valence-corrected chi connectivity index (χ4v) is 4.95.